The summed E-state index contributed by atoms with van der Waals surface area (Å²) in [6, 6.07) is 9.47. The van der Waals surface area contributed by atoms with E-state index >= 15 is 0 Å². The van der Waals surface area contributed by atoms with E-state index in [9.17, 15) is 14.4 Å². The highest BCUT2D eigenvalue weighted by molar-refractivity contribution is 5.91. The van der Waals surface area contributed by atoms with Crippen LogP contribution >= 0.6 is 0 Å². The molecule has 8 heteroatoms. The molecule has 2 aromatic rings. The van der Waals surface area contributed by atoms with Crippen molar-refractivity contribution in [3.63, 3.8) is 0 Å². The molecule has 1 aromatic carbocycles. The highest BCUT2D eigenvalue weighted by Crippen LogP contribution is 2.16. The van der Waals surface area contributed by atoms with Gasteiger partial charge in [0.25, 0.3) is 5.91 Å². The van der Waals surface area contributed by atoms with Crippen LogP contribution in [0.15, 0.2) is 30.3 Å². The summed E-state index contributed by atoms with van der Waals surface area (Å²) < 4.78 is 11.8. The number of carbonyl (C=O) groups is 3. The lowest BCUT2D eigenvalue weighted by atomic mass is 10.2. The number of hydrogen-bond donors (Lipinski definition) is 1. The predicted molar refractivity (Wildman–Crippen MR) is 113 cm³/mol. The molecule has 0 spiro atoms. The highest BCUT2D eigenvalue weighted by atomic mass is 16.5. The van der Waals surface area contributed by atoms with Gasteiger partial charge in [-0.1, -0.05) is 12.1 Å². The van der Waals surface area contributed by atoms with Crippen molar-refractivity contribution in [3.05, 3.63) is 52.8 Å². The van der Waals surface area contributed by atoms with E-state index in [-0.39, 0.29) is 25.7 Å². The normalized spacial score (nSPS) is 10.4. The molecule has 1 N–H and O–H groups in total. The van der Waals surface area contributed by atoms with E-state index in [2.05, 4.69) is 5.32 Å². The number of anilines is 1. The Hall–Kier alpha value is -3.29. The summed E-state index contributed by atoms with van der Waals surface area (Å²) >= 11 is 0. The van der Waals surface area contributed by atoms with Crippen molar-refractivity contribution in [2.24, 2.45) is 0 Å². The molecule has 0 fully saturated rings. The van der Waals surface area contributed by atoms with Crippen LogP contribution in [0.3, 0.4) is 0 Å². The molecule has 0 aliphatic heterocycles. The summed E-state index contributed by atoms with van der Waals surface area (Å²) in [6.45, 7) is 5.44. The van der Waals surface area contributed by atoms with Gasteiger partial charge in [-0.25, -0.2) is 4.79 Å². The lowest BCUT2D eigenvalue weighted by Crippen LogP contribution is -2.29. The lowest BCUT2D eigenvalue weighted by Gasteiger charge is -2.13. The van der Waals surface area contributed by atoms with Crippen molar-refractivity contribution >= 4 is 23.5 Å². The van der Waals surface area contributed by atoms with E-state index < -0.39 is 11.9 Å². The number of esters is 2. The molecule has 2 rings (SSSR count). The smallest absolute Gasteiger partial charge is 0.339 e. The Kier molecular flexibility index (Phi) is 8.03. The summed E-state index contributed by atoms with van der Waals surface area (Å²) in [5.41, 5.74) is 3.79. The second-order valence-electron chi connectivity index (χ2n) is 7.09. The Morgan fingerprint density at radius 2 is 1.73 bits per heavy atom. The molecule has 1 amide bonds. The number of carbonyl (C=O) groups excluding carboxylic acids is 3. The Morgan fingerprint density at radius 3 is 2.33 bits per heavy atom. The maximum Gasteiger partial charge on any atom is 0.339 e. The van der Waals surface area contributed by atoms with Gasteiger partial charge in [0.05, 0.1) is 12.2 Å². The summed E-state index contributed by atoms with van der Waals surface area (Å²) in [5, 5.41) is 2.72. The standard InChI is InChI=1S/C22H29N3O5/c1-6-29-22(28)19-11-15(2)25(16(19)3)13-21(27)30-14-20(26)23-12-17-7-9-18(10-8-17)24(4)5/h7-11H,6,12-14H2,1-5H3,(H,23,26). The van der Waals surface area contributed by atoms with Crippen LogP contribution in [-0.2, 0) is 32.2 Å². The average Bonchev–Trinajstić information content (AvgIpc) is 2.99. The van der Waals surface area contributed by atoms with Gasteiger partial charge in [0.2, 0.25) is 0 Å². The van der Waals surface area contributed by atoms with Crippen LogP contribution in [0.1, 0.15) is 34.2 Å². The molecule has 30 heavy (non-hydrogen) atoms. The minimum atomic E-state index is -0.558. The first-order chi connectivity index (χ1) is 14.2. The Labute approximate surface area is 176 Å². The van der Waals surface area contributed by atoms with E-state index in [0.717, 1.165) is 16.9 Å². The number of benzene rings is 1. The molecule has 8 nitrogen and oxygen atoms in total. The third kappa shape index (κ3) is 6.10. The minimum absolute atomic E-state index is 0.0870. The van der Waals surface area contributed by atoms with Gasteiger partial charge in [0.15, 0.2) is 6.61 Å². The second-order valence-corrected chi connectivity index (χ2v) is 7.09. The Bertz CT molecular complexity index is 900. The minimum Gasteiger partial charge on any atom is -0.462 e. The van der Waals surface area contributed by atoms with Crippen molar-refractivity contribution in [1.29, 1.82) is 0 Å². The predicted octanol–water partition coefficient (Wildman–Crippen LogP) is 2.21. The fourth-order valence-electron chi connectivity index (χ4n) is 2.94. The molecule has 0 radical (unpaired) electrons. The fourth-order valence-corrected chi connectivity index (χ4v) is 2.94. The van der Waals surface area contributed by atoms with E-state index in [1.807, 2.05) is 43.3 Å². The van der Waals surface area contributed by atoms with Gasteiger partial charge in [-0.15, -0.1) is 0 Å². The first kappa shape index (κ1) is 23.0. The quantitative estimate of drug-likeness (QED) is 0.632. The van der Waals surface area contributed by atoms with Crippen molar-refractivity contribution < 1.29 is 23.9 Å². The largest absolute Gasteiger partial charge is 0.462 e. The molecule has 0 atom stereocenters. The molecular weight excluding hydrogens is 386 g/mol. The first-order valence-electron chi connectivity index (χ1n) is 9.75. The van der Waals surface area contributed by atoms with E-state index in [0.29, 0.717) is 17.8 Å². The third-order valence-corrected chi connectivity index (χ3v) is 4.66. The highest BCUT2D eigenvalue weighted by Gasteiger charge is 2.19. The molecule has 0 saturated heterocycles. The molecule has 0 unspecified atom stereocenters. The van der Waals surface area contributed by atoms with Crippen molar-refractivity contribution in [2.45, 2.75) is 33.9 Å². The van der Waals surface area contributed by atoms with Gasteiger partial charge in [-0.2, -0.15) is 0 Å². The maximum atomic E-state index is 12.2. The average molecular weight is 415 g/mol. The molecule has 0 saturated carbocycles. The molecule has 162 valence electrons. The zero-order chi connectivity index (χ0) is 22.3. The van der Waals surface area contributed by atoms with E-state index in [4.69, 9.17) is 9.47 Å². The summed E-state index contributed by atoms with van der Waals surface area (Å²) in [5.74, 6) is -1.37. The molecule has 1 heterocycles. The number of aromatic nitrogens is 1. The molecule has 1 aromatic heterocycles. The van der Waals surface area contributed by atoms with Crippen molar-refractivity contribution in [2.75, 3.05) is 32.2 Å². The second kappa shape index (κ2) is 10.5. The Morgan fingerprint density at radius 1 is 1.07 bits per heavy atom. The zero-order valence-electron chi connectivity index (χ0n) is 18.2. The molecule has 0 aliphatic carbocycles. The molecular formula is C22H29N3O5. The first-order valence-corrected chi connectivity index (χ1v) is 9.75. The van der Waals surface area contributed by atoms with E-state index in [1.165, 1.54) is 0 Å². The number of nitrogens with zero attached hydrogens (tertiary/aromatic N) is 2. The number of hydrogen-bond acceptors (Lipinski definition) is 6. The van der Waals surface area contributed by atoms with Gasteiger partial charge in [0, 0.05) is 37.7 Å². The van der Waals surface area contributed by atoms with Crippen molar-refractivity contribution in [1.82, 2.24) is 9.88 Å². The van der Waals surface area contributed by atoms with Crippen LogP contribution in [0.4, 0.5) is 5.69 Å². The maximum absolute atomic E-state index is 12.2. The number of aryl methyl sites for hydroxylation is 1. The fraction of sp³-hybridized carbons (Fsp3) is 0.409. The number of ether oxygens (including phenoxy) is 2. The van der Waals surface area contributed by atoms with Crippen LogP contribution in [-0.4, -0.2) is 49.7 Å². The van der Waals surface area contributed by atoms with Gasteiger partial charge < -0.3 is 24.3 Å². The zero-order valence-corrected chi connectivity index (χ0v) is 18.2. The van der Waals surface area contributed by atoms with Crippen LogP contribution in [0.5, 0.6) is 0 Å². The third-order valence-electron chi connectivity index (χ3n) is 4.66. The summed E-state index contributed by atoms with van der Waals surface area (Å²) in [6.07, 6.45) is 0. The molecule has 0 bridgehead atoms. The number of amides is 1. The van der Waals surface area contributed by atoms with Gasteiger partial charge in [0.1, 0.15) is 6.54 Å². The van der Waals surface area contributed by atoms with Crippen molar-refractivity contribution in [3.8, 4) is 0 Å². The van der Waals surface area contributed by atoms with Gasteiger partial charge >= 0.3 is 11.9 Å². The van der Waals surface area contributed by atoms with Gasteiger partial charge in [-0.05, 0) is 44.5 Å². The van der Waals surface area contributed by atoms with Crippen LogP contribution < -0.4 is 10.2 Å². The topological polar surface area (TPSA) is 89.9 Å². The monoisotopic (exact) mass is 415 g/mol. The van der Waals surface area contributed by atoms with Crippen LogP contribution in [0.25, 0.3) is 0 Å². The van der Waals surface area contributed by atoms with Crippen LogP contribution in [0.2, 0.25) is 0 Å². The van der Waals surface area contributed by atoms with Crippen LogP contribution in [0, 0.1) is 13.8 Å². The molecule has 0 aliphatic rings. The van der Waals surface area contributed by atoms with Gasteiger partial charge in [-0.3, -0.25) is 9.59 Å². The SMILES string of the molecule is CCOC(=O)c1cc(C)n(CC(=O)OCC(=O)NCc2ccc(N(C)C)cc2)c1C. The Balaban J connectivity index is 1.83. The summed E-state index contributed by atoms with van der Waals surface area (Å²) in [4.78, 5) is 38.1. The summed E-state index contributed by atoms with van der Waals surface area (Å²) in [7, 11) is 3.92. The lowest BCUT2D eigenvalue weighted by molar-refractivity contribution is -0.149. The number of rotatable bonds is 9. The number of nitrogens with one attached hydrogen (secondary N) is 1. The van der Waals surface area contributed by atoms with E-state index in [1.54, 1.807) is 31.4 Å².